The van der Waals surface area contributed by atoms with E-state index in [1.54, 1.807) is 0 Å². The van der Waals surface area contributed by atoms with Crippen LogP contribution in [0.1, 0.15) is 24.5 Å². The van der Waals surface area contributed by atoms with Gasteiger partial charge in [-0.25, -0.2) is 9.79 Å². The Morgan fingerprint density at radius 1 is 1.27 bits per heavy atom. The third kappa shape index (κ3) is 7.37. The summed E-state index contributed by atoms with van der Waals surface area (Å²) in [6.45, 7) is 9.45. The average Bonchev–Trinajstić information content (AvgIpc) is 2.75. The number of hydrogen-bond acceptors (Lipinski definition) is 6. The first-order valence-electron chi connectivity index (χ1n) is 9.94. The van der Waals surface area contributed by atoms with Crippen molar-refractivity contribution in [2.75, 3.05) is 26.9 Å². The molecule has 0 heterocycles. The molecule has 160 valence electrons. The number of rotatable bonds is 11. The van der Waals surface area contributed by atoms with Crippen LogP contribution in [0, 0.1) is 6.92 Å². The number of carbonyl (C=O) groups excluding carboxylic acids is 1. The minimum Gasteiger partial charge on any atom is -0.481 e. The summed E-state index contributed by atoms with van der Waals surface area (Å²) in [5.74, 6) is 0.877. The monoisotopic (exact) mass is 410 g/mol. The van der Waals surface area contributed by atoms with Crippen molar-refractivity contribution in [3.63, 3.8) is 0 Å². The number of nitrogens with zero attached hydrogens (tertiary/aromatic N) is 1. The van der Waals surface area contributed by atoms with E-state index in [0.717, 1.165) is 28.8 Å². The van der Waals surface area contributed by atoms with E-state index in [1.165, 1.54) is 7.11 Å². The zero-order valence-corrected chi connectivity index (χ0v) is 17.9. The predicted octanol–water partition coefficient (Wildman–Crippen LogP) is 4.03. The largest absolute Gasteiger partial charge is 0.481 e. The van der Waals surface area contributed by atoms with Gasteiger partial charge in [0.25, 0.3) is 0 Å². The highest BCUT2D eigenvalue weighted by Gasteiger charge is 2.10. The van der Waals surface area contributed by atoms with Crippen LogP contribution in [0.15, 0.2) is 71.5 Å². The minimum atomic E-state index is -0.415. The number of hydrogen-bond donors (Lipinski definition) is 1. The molecule has 0 aliphatic heterocycles. The van der Waals surface area contributed by atoms with E-state index in [0.29, 0.717) is 31.3 Å². The van der Waals surface area contributed by atoms with Gasteiger partial charge < -0.3 is 19.5 Å². The highest BCUT2D eigenvalue weighted by Crippen LogP contribution is 2.24. The summed E-state index contributed by atoms with van der Waals surface area (Å²) in [6, 6.07) is 5.81. The predicted molar refractivity (Wildman–Crippen MR) is 120 cm³/mol. The van der Waals surface area contributed by atoms with E-state index >= 15 is 0 Å². The molecule has 0 aromatic heterocycles. The van der Waals surface area contributed by atoms with Gasteiger partial charge in [0.05, 0.1) is 19.4 Å². The standard InChI is InChI=1S/C24H30N2O4/c1-5-20-11-6-7-13-22(20)26-19(3)25-14-9-15-29-16-21-12-8-10-18(2)24(21)30-17-23(27)28-4/h5-8,10-13,25H,3,9,14-17H2,1-2,4H3/b20-5-,26-22-. The SMILES string of the molecule is C=C(/N=C1/C=CC=C/C1=C/C)NCCCOCc1cccc(C)c1OCC(=O)OC. The molecule has 1 aliphatic rings. The van der Waals surface area contributed by atoms with Crippen molar-refractivity contribution in [2.45, 2.75) is 26.9 Å². The third-order valence-electron chi connectivity index (χ3n) is 4.41. The zero-order valence-electron chi connectivity index (χ0n) is 17.9. The summed E-state index contributed by atoms with van der Waals surface area (Å²) in [4.78, 5) is 15.9. The van der Waals surface area contributed by atoms with E-state index in [2.05, 4.69) is 21.6 Å². The molecule has 0 radical (unpaired) electrons. The van der Waals surface area contributed by atoms with Crippen molar-refractivity contribution in [1.29, 1.82) is 0 Å². The molecule has 0 amide bonds. The maximum atomic E-state index is 11.3. The Morgan fingerprint density at radius 3 is 2.83 bits per heavy atom. The molecule has 1 aromatic carbocycles. The Labute approximate surface area is 178 Å². The number of allylic oxidation sites excluding steroid dienone is 6. The van der Waals surface area contributed by atoms with Gasteiger partial charge in [-0.2, -0.15) is 0 Å². The van der Waals surface area contributed by atoms with Gasteiger partial charge in [0.15, 0.2) is 6.61 Å². The van der Waals surface area contributed by atoms with Crippen LogP contribution in [0.3, 0.4) is 0 Å². The highest BCUT2D eigenvalue weighted by molar-refractivity contribution is 6.11. The van der Waals surface area contributed by atoms with E-state index in [9.17, 15) is 4.79 Å². The van der Waals surface area contributed by atoms with Crippen molar-refractivity contribution in [3.05, 3.63) is 77.7 Å². The molecular weight excluding hydrogens is 380 g/mol. The third-order valence-corrected chi connectivity index (χ3v) is 4.41. The molecule has 0 saturated carbocycles. The van der Waals surface area contributed by atoms with Crippen LogP contribution in [0.4, 0.5) is 0 Å². The summed E-state index contributed by atoms with van der Waals surface area (Å²) in [5, 5.41) is 3.21. The molecule has 0 atom stereocenters. The minimum absolute atomic E-state index is 0.122. The fourth-order valence-corrected chi connectivity index (χ4v) is 2.83. The molecule has 1 aliphatic carbocycles. The lowest BCUT2D eigenvalue weighted by atomic mass is 10.1. The summed E-state index contributed by atoms with van der Waals surface area (Å²) in [7, 11) is 1.34. The van der Waals surface area contributed by atoms with E-state index < -0.39 is 5.97 Å². The number of benzene rings is 1. The molecule has 1 aromatic rings. The van der Waals surface area contributed by atoms with E-state index in [-0.39, 0.29) is 6.61 Å². The molecule has 0 unspecified atom stereocenters. The summed E-state index contributed by atoms with van der Waals surface area (Å²) in [6.07, 6.45) is 10.8. The van der Waals surface area contributed by atoms with Crippen molar-refractivity contribution in [1.82, 2.24) is 5.32 Å². The van der Waals surface area contributed by atoms with Gasteiger partial charge in [0.2, 0.25) is 0 Å². The van der Waals surface area contributed by atoms with Crippen LogP contribution in [0.5, 0.6) is 5.75 Å². The number of aryl methyl sites for hydroxylation is 1. The van der Waals surface area contributed by atoms with Gasteiger partial charge in [-0.3, -0.25) is 0 Å². The first kappa shape index (κ1) is 23.2. The topological polar surface area (TPSA) is 69.2 Å². The lowest BCUT2D eigenvalue weighted by Crippen LogP contribution is -2.16. The number of aliphatic imine (C=N–C) groups is 1. The molecule has 0 fully saturated rings. The van der Waals surface area contributed by atoms with Crippen molar-refractivity contribution >= 4 is 11.7 Å². The normalized spacial score (nSPS) is 15.4. The van der Waals surface area contributed by atoms with Crippen LogP contribution < -0.4 is 10.1 Å². The van der Waals surface area contributed by atoms with Gasteiger partial charge >= 0.3 is 5.97 Å². The van der Waals surface area contributed by atoms with Gasteiger partial charge in [0.1, 0.15) is 11.6 Å². The van der Waals surface area contributed by atoms with Gasteiger partial charge in [-0.1, -0.05) is 49.1 Å². The van der Waals surface area contributed by atoms with E-state index in [1.807, 2.05) is 62.4 Å². The lowest BCUT2D eigenvalue weighted by molar-refractivity contribution is -0.142. The van der Waals surface area contributed by atoms with Crippen molar-refractivity contribution < 1.29 is 19.0 Å². The second-order valence-corrected chi connectivity index (χ2v) is 6.67. The molecule has 0 bridgehead atoms. The summed E-state index contributed by atoms with van der Waals surface area (Å²) < 4.78 is 16.0. The molecular formula is C24H30N2O4. The Bertz CT molecular complexity index is 866. The molecule has 6 nitrogen and oxygen atoms in total. The smallest absolute Gasteiger partial charge is 0.343 e. The molecule has 0 spiro atoms. The Kier molecular flexibility index (Phi) is 9.61. The maximum Gasteiger partial charge on any atom is 0.343 e. The van der Waals surface area contributed by atoms with Crippen molar-refractivity contribution in [2.24, 2.45) is 4.99 Å². The van der Waals surface area contributed by atoms with Crippen LogP contribution >= 0.6 is 0 Å². The van der Waals surface area contributed by atoms with Gasteiger partial charge in [-0.05, 0) is 37.5 Å². The number of para-hydroxylation sites is 1. The van der Waals surface area contributed by atoms with Gasteiger partial charge in [-0.15, -0.1) is 0 Å². The van der Waals surface area contributed by atoms with Crippen LogP contribution in [-0.2, 0) is 20.9 Å². The molecule has 6 heteroatoms. The highest BCUT2D eigenvalue weighted by atomic mass is 16.6. The van der Waals surface area contributed by atoms with Crippen molar-refractivity contribution in [3.8, 4) is 5.75 Å². The molecule has 1 N–H and O–H groups in total. The number of nitrogens with one attached hydrogen (secondary N) is 1. The number of carbonyl (C=O) groups is 1. The van der Waals surface area contributed by atoms with Crippen LogP contribution in [-0.4, -0.2) is 38.5 Å². The molecule has 0 saturated heterocycles. The van der Waals surface area contributed by atoms with Crippen LogP contribution in [0.25, 0.3) is 0 Å². The zero-order chi connectivity index (χ0) is 21.8. The lowest BCUT2D eigenvalue weighted by Gasteiger charge is -2.14. The number of methoxy groups -OCH3 is 1. The number of esters is 1. The average molecular weight is 411 g/mol. The Balaban J connectivity index is 1.74. The Hall–Kier alpha value is -3.12. The Morgan fingerprint density at radius 2 is 2.07 bits per heavy atom. The van der Waals surface area contributed by atoms with Crippen LogP contribution in [0.2, 0.25) is 0 Å². The summed E-state index contributed by atoms with van der Waals surface area (Å²) >= 11 is 0. The fraction of sp³-hybridized carbons (Fsp3) is 0.333. The molecule has 2 rings (SSSR count). The number of ether oxygens (including phenoxy) is 3. The van der Waals surface area contributed by atoms with Gasteiger partial charge in [0, 0.05) is 18.7 Å². The summed E-state index contributed by atoms with van der Waals surface area (Å²) in [5.41, 5.74) is 3.82. The second-order valence-electron chi connectivity index (χ2n) is 6.67. The quantitative estimate of drug-likeness (QED) is 0.441. The van der Waals surface area contributed by atoms with E-state index in [4.69, 9.17) is 9.47 Å². The first-order valence-corrected chi connectivity index (χ1v) is 9.94. The maximum absolute atomic E-state index is 11.3. The second kappa shape index (κ2) is 12.4. The molecule has 30 heavy (non-hydrogen) atoms. The first-order chi connectivity index (χ1) is 14.5. The fourth-order valence-electron chi connectivity index (χ4n) is 2.83.